The van der Waals surface area contributed by atoms with E-state index in [2.05, 4.69) is 76.6 Å². The lowest BCUT2D eigenvalue weighted by molar-refractivity contribution is 0.377. The molecule has 30 heavy (non-hydrogen) atoms. The average molecular weight is 390 g/mol. The van der Waals surface area contributed by atoms with Crippen LogP contribution in [-0.4, -0.2) is 9.88 Å². The summed E-state index contributed by atoms with van der Waals surface area (Å²) < 4.78 is 0. The number of aromatic nitrogens is 1. The summed E-state index contributed by atoms with van der Waals surface area (Å²) in [4.78, 5) is 6.96. The smallest absolute Gasteiger partial charge is 0.0606 e. The van der Waals surface area contributed by atoms with Crippen molar-refractivity contribution in [3.05, 3.63) is 120 Å². The first kappa shape index (κ1) is 18.2. The molecule has 0 fully saturated rings. The highest BCUT2D eigenvalue weighted by Crippen LogP contribution is 2.37. The maximum absolute atomic E-state index is 6.10. The van der Waals surface area contributed by atoms with Crippen LogP contribution in [0.1, 0.15) is 22.4 Å². The van der Waals surface area contributed by atoms with E-state index in [1.165, 1.54) is 28.0 Å². The molecule has 0 bridgehead atoms. The van der Waals surface area contributed by atoms with E-state index >= 15 is 0 Å². The molecule has 3 heteroatoms. The van der Waals surface area contributed by atoms with Gasteiger partial charge in [0.25, 0.3) is 0 Å². The molecule has 1 aliphatic heterocycles. The van der Waals surface area contributed by atoms with Crippen molar-refractivity contribution in [3.63, 3.8) is 0 Å². The quantitative estimate of drug-likeness (QED) is 0.446. The molecule has 0 saturated carbocycles. The van der Waals surface area contributed by atoms with Crippen molar-refractivity contribution >= 4 is 17.5 Å². The van der Waals surface area contributed by atoms with Crippen molar-refractivity contribution in [2.75, 3.05) is 5.73 Å². The molecule has 3 aromatic carbocycles. The first-order chi connectivity index (χ1) is 14.8. The lowest BCUT2D eigenvalue weighted by Crippen LogP contribution is -2.25. The Kier molecular flexibility index (Phi) is 4.78. The van der Waals surface area contributed by atoms with Gasteiger partial charge in [-0.25, -0.2) is 0 Å². The highest BCUT2D eigenvalue weighted by molar-refractivity contribution is 5.86. The van der Waals surface area contributed by atoms with E-state index in [4.69, 9.17) is 5.73 Å². The molecule has 2 N–H and O–H groups in total. The van der Waals surface area contributed by atoms with Gasteiger partial charge in [-0.15, -0.1) is 0 Å². The third-order valence-electron chi connectivity index (χ3n) is 5.54. The Hall–Kier alpha value is -3.85. The van der Waals surface area contributed by atoms with Gasteiger partial charge >= 0.3 is 0 Å². The highest BCUT2D eigenvalue weighted by Gasteiger charge is 2.22. The van der Waals surface area contributed by atoms with Crippen LogP contribution in [0.15, 0.2) is 97.2 Å². The Bertz CT molecular complexity index is 1200. The summed E-state index contributed by atoms with van der Waals surface area (Å²) in [6.45, 7) is 1.56. The summed E-state index contributed by atoms with van der Waals surface area (Å²) in [6, 6.07) is 31.3. The average Bonchev–Trinajstić information content (AvgIpc) is 2.79. The number of pyridine rings is 1. The molecule has 0 atom stereocenters. The topological polar surface area (TPSA) is 42.1 Å². The molecular weight excluding hydrogens is 366 g/mol. The molecule has 0 amide bonds. The molecule has 4 aromatic rings. The van der Waals surface area contributed by atoms with E-state index in [0.717, 1.165) is 30.0 Å². The Morgan fingerprint density at radius 1 is 0.800 bits per heavy atom. The zero-order valence-electron chi connectivity index (χ0n) is 16.7. The number of nitrogen functional groups attached to an aromatic ring is 1. The second-order valence-corrected chi connectivity index (χ2v) is 7.57. The Labute approximate surface area is 177 Å². The fraction of sp³-hybridized carbons (Fsp3) is 0.0741. The second kappa shape index (κ2) is 7.88. The highest BCUT2D eigenvalue weighted by atomic mass is 15.1. The molecule has 1 aliphatic rings. The van der Waals surface area contributed by atoms with Crippen LogP contribution in [0.3, 0.4) is 0 Å². The molecule has 0 saturated heterocycles. The molecule has 0 unspecified atom stereocenters. The predicted octanol–water partition coefficient (Wildman–Crippen LogP) is 5.84. The van der Waals surface area contributed by atoms with Crippen LogP contribution in [-0.2, 0) is 13.1 Å². The Morgan fingerprint density at radius 2 is 1.60 bits per heavy atom. The number of nitrogens with two attached hydrogens (primary N) is 1. The van der Waals surface area contributed by atoms with E-state index in [-0.39, 0.29) is 0 Å². The lowest BCUT2D eigenvalue weighted by atomic mass is 9.91. The van der Waals surface area contributed by atoms with Crippen molar-refractivity contribution in [1.29, 1.82) is 0 Å². The van der Waals surface area contributed by atoms with Crippen LogP contribution in [0.5, 0.6) is 0 Å². The SMILES string of the molecule is Nc1cccc(C2=Cc3cccc(-c4ccccc4)c3CN2Cc2ccccn2)c1. The van der Waals surface area contributed by atoms with Crippen LogP contribution in [0.2, 0.25) is 0 Å². The molecule has 0 aliphatic carbocycles. The predicted molar refractivity (Wildman–Crippen MR) is 124 cm³/mol. The summed E-state index contributed by atoms with van der Waals surface area (Å²) in [5.41, 5.74) is 15.3. The maximum Gasteiger partial charge on any atom is 0.0606 e. The van der Waals surface area contributed by atoms with E-state index in [1.807, 2.05) is 36.5 Å². The van der Waals surface area contributed by atoms with Crippen LogP contribution >= 0.6 is 0 Å². The summed E-state index contributed by atoms with van der Waals surface area (Å²) >= 11 is 0. The number of anilines is 1. The Morgan fingerprint density at radius 3 is 2.40 bits per heavy atom. The van der Waals surface area contributed by atoms with Gasteiger partial charge in [0.2, 0.25) is 0 Å². The van der Waals surface area contributed by atoms with Gasteiger partial charge in [-0.1, -0.05) is 66.7 Å². The van der Waals surface area contributed by atoms with Crippen molar-refractivity contribution in [2.45, 2.75) is 13.1 Å². The number of fused-ring (bicyclic) bond motifs is 1. The number of rotatable bonds is 4. The molecule has 0 radical (unpaired) electrons. The normalized spacial score (nSPS) is 12.9. The van der Waals surface area contributed by atoms with Crippen LogP contribution < -0.4 is 5.73 Å². The van der Waals surface area contributed by atoms with E-state index in [1.54, 1.807) is 0 Å². The zero-order chi connectivity index (χ0) is 20.3. The van der Waals surface area contributed by atoms with Crippen molar-refractivity contribution in [3.8, 4) is 11.1 Å². The minimum absolute atomic E-state index is 0.740. The molecular formula is C27H23N3. The molecule has 3 nitrogen and oxygen atoms in total. The minimum atomic E-state index is 0.740. The standard InChI is InChI=1S/C27H23N3/c28-23-12-6-11-22(16-23)27-17-21-10-7-14-25(20-8-2-1-3-9-20)26(21)19-30(27)18-24-13-4-5-15-29-24/h1-17H,18-19,28H2. The fourth-order valence-corrected chi connectivity index (χ4v) is 4.11. The lowest BCUT2D eigenvalue weighted by Gasteiger charge is -2.33. The van der Waals surface area contributed by atoms with Crippen molar-refractivity contribution in [2.24, 2.45) is 0 Å². The van der Waals surface area contributed by atoms with Gasteiger partial charge in [0.05, 0.1) is 12.2 Å². The van der Waals surface area contributed by atoms with Gasteiger partial charge < -0.3 is 10.6 Å². The van der Waals surface area contributed by atoms with Gasteiger partial charge in [0.15, 0.2) is 0 Å². The monoisotopic (exact) mass is 389 g/mol. The van der Waals surface area contributed by atoms with Crippen molar-refractivity contribution < 1.29 is 0 Å². The summed E-state index contributed by atoms with van der Waals surface area (Å²) in [7, 11) is 0. The minimum Gasteiger partial charge on any atom is -0.399 e. The maximum atomic E-state index is 6.10. The van der Waals surface area contributed by atoms with Gasteiger partial charge in [0, 0.05) is 24.1 Å². The largest absolute Gasteiger partial charge is 0.399 e. The zero-order valence-corrected chi connectivity index (χ0v) is 16.7. The van der Waals surface area contributed by atoms with Crippen LogP contribution in [0.4, 0.5) is 5.69 Å². The van der Waals surface area contributed by atoms with Gasteiger partial charge in [-0.3, -0.25) is 4.98 Å². The molecule has 146 valence electrons. The molecule has 5 rings (SSSR count). The summed E-state index contributed by atoms with van der Waals surface area (Å²) in [6.07, 6.45) is 4.13. The third kappa shape index (κ3) is 3.58. The molecule has 0 spiro atoms. The van der Waals surface area contributed by atoms with E-state index in [0.29, 0.717) is 0 Å². The van der Waals surface area contributed by atoms with Crippen molar-refractivity contribution in [1.82, 2.24) is 9.88 Å². The third-order valence-corrected chi connectivity index (χ3v) is 5.54. The van der Waals surface area contributed by atoms with E-state index < -0.39 is 0 Å². The number of hydrogen-bond acceptors (Lipinski definition) is 3. The summed E-state index contributed by atoms with van der Waals surface area (Å²) in [5, 5.41) is 0. The second-order valence-electron chi connectivity index (χ2n) is 7.57. The first-order valence-electron chi connectivity index (χ1n) is 10.2. The summed E-state index contributed by atoms with van der Waals surface area (Å²) in [5.74, 6) is 0. The van der Waals surface area contributed by atoms with Gasteiger partial charge in [0.1, 0.15) is 0 Å². The number of benzene rings is 3. The fourth-order valence-electron chi connectivity index (χ4n) is 4.11. The molecule has 2 heterocycles. The van der Waals surface area contributed by atoms with Crippen LogP contribution in [0, 0.1) is 0 Å². The van der Waals surface area contributed by atoms with E-state index in [9.17, 15) is 0 Å². The van der Waals surface area contributed by atoms with Gasteiger partial charge in [-0.2, -0.15) is 0 Å². The number of hydrogen-bond donors (Lipinski definition) is 1. The Balaban J connectivity index is 1.63. The first-order valence-corrected chi connectivity index (χ1v) is 10.2. The number of nitrogens with zero attached hydrogens (tertiary/aromatic N) is 2. The van der Waals surface area contributed by atoms with Gasteiger partial charge in [-0.05, 0) is 58.2 Å². The van der Waals surface area contributed by atoms with Crippen LogP contribution in [0.25, 0.3) is 22.9 Å². The molecule has 1 aromatic heterocycles.